The van der Waals surface area contributed by atoms with E-state index in [0.29, 0.717) is 12.3 Å². The number of piperidine rings is 1. The van der Waals surface area contributed by atoms with Crippen LogP contribution in [0.4, 0.5) is 11.6 Å². The maximum absolute atomic E-state index is 11.9. The normalized spacial score (nSPS) is 21.4. The molecule has 0 spiro atoms. The zero-order valence-corrected chi connectivity index (χ0v) is 14.8. The summed E-state index contributed by atoms with van der Waals surface area (Å²) in [6.45, 7) is 7.81. The van der Waals surface area contributed by atoms with Crippen molar-refractivity contribution in [1.82, 2.24) is 9.97 Å². The fraction of sp³-hybridized carbons (Fsp3) is 0.722. The Labute approximate surface area is 144 Å². The molecule has 0 aromatic carbocycles. The number of carbonyl (C=O) groups excluding carboxylic acids is 1. The van der Waals surface area contributed by atoms with E-state index in [4.69, 9.17) is 4.74 Å². The van der Waals surface area contributed by atoms with Crippen molar-refractivity contribution in [1.29, 1.82) is 0 Å². The van der Waals surface area contributed by atoms with Crippen LogP contribution in [0.3, 0.4) is 0 Å². The largest absolute Gasteiger partial charge is 0.463 e. The molecule has 2 saturated heterocycles. The van der Waals surface area contributed by atoms with Crippen molar-refractivity contribution in [3.05, 3.63) is 12.4 Å². The van der Waals surface area contributed by atoms with E-state index in [2.05, 4.69) is 25.8 Å². The van der Waals surface area contributed by atoms with Crippen LogP contribution >= 0.6 is 0 Å². The highest BCUT2D eigenvalue weighted by Crippen LogP contribution is 2.26. The van der Waals surface area contributed by atoms with Gasteiger partial charge < -0.3 is 14.5 Å². The van der Waals surface area contributed by atoms with E-state index < -0.39 is 0 Å². The van der Waals surface area contributed by atoms with Gasteiger partial charge in [-0.15, -0.1) is 0 Å². The summed E-state index contributed by atoms with van der Waals surface area (Å²) in [6, 6.07) is 2.10. The predicted octanol–water partition coefficient (Wildman–Crippen LogP) is 2.63. The number of carbonyl (C=O) groups is 1. The monoisotopic (exact) mass is 332 g/mol. The number of hydrogen-bond acceptors (Lipinski definition) is 6. The van der Waals surface area contributed by atoms with E-state index in [1.807, 2.05) is 13.8 Å². The van der Waals surface area contributed by atoms with E-state index in [1.54, 1.807) is 6.33 Å². The first-order valence-electron chi connectivity index (χ1n) is 9.13. The van der Waals surface area contributed by atoms with E-state index in [-0.39, 0.29) is 12.1 Å². The average molecular weight is 332 g/mol. The van der Waals surface area contributed by atoms with Crippen molar-refractivity contribution in [3.63, 3.8) is 0 Å². The molecule has 3 rings (SSSR count). The van der Waals surface area contributed by atoms with Crippen molar-refractivity contribution in [2.45, 2.75) is 52.1 Å². The molecule has 6 nitrogen and oxygen atoms in total. The Bertz CT molecular complexity index is 558. The molecule has 1 aromatic heterocycles. The molecule has 132 valence electrons. The standard InChI is InChI=1S/C18H28N4O2/c1-14(2)24-18(23)10-15-6-5-9-22(12-15)17-11-16(19-13-20-17)21-7-3-4-8-21/h11,13-15H,3-10,12H2,1-2H3/t15-/m1/s1. The fourth-order valence-corrected chi connectivity index (χ4v) is 3.62. The second kappa shape index (κ2) is 7.81. The molecule has 2 aliphatic rings. The average Bonchev–Trinajstić information content (AvgIpc) is 3.09. The molecule has 2 fully saturated rings. The van der Waals surface area contributed by atoms with Crippen LogP contribution in [0.15, 0.2) is 12.4 Å². The molecule has 6 heteroatoms. The molecular formula is C18H28N4O2. The molecule has 2 aliphatic heterocycles. The van der Waals surface area contributed by atoms with Crippen molar-refractivity contribution in [2.75, 3.05) is 36.0 Å². The lowest BCUT2D eigenvalue weighted by Crippen LogP contribution is -2.37. The Balaban J connectivity index is 1.62. The molecule has 24 heavy (non-hydrogen) atoms. The third-order valence-corrected chi connectivity index (χ3v) is 4.73. The summed E-state index contributed by atoms with van der Waals surface area (Å²) in [5.74, 6) is 2.26. The van der Waals surface area contributed by atoms with E-state index >= 15 is 0 Å². The number of hydrogen-bond donors (Lipinski definition) is 0. The van der Waals surface area contributed by atoms with Crippen LogP contribution in [0, 0.1) is 5.92 Å². The lowest BCUT2D eigenvalue weighted by atomic mass is 9.95. The molecule has 1 atom stereocenters. The number of anilines is 2. The third kappa shape index (κ3) is 4.36. The summed E-state index contributed by atoms with van der Waals surface area (Å²) in [5.41, 5.74) is 0. The molecule has 0 amide bonds. The Hall–Kier alpha value is -1.85. The minimum absolute atomic E-state index is 0.0397. The van der Waals surface area contributed by atoms with Gasteiger partial charge in [-0.1, -0.05) is 0 Å². The van der Waals surface area contributed by atoms with Gasteiger partial charge in [0, 0.05) is 32.2 Å². The predicted molar refractivity (Wildman–Crippen MR) is 94.3 cm³/mol. The minimum atomic E-state index is -0.0858. The van der Waals surface area contributed by atoms with Crippen LogP contribution in [0.5, 0.6) is 0 Å². The molecule has 0 saturated carbocycles. The molecule has 3 heterocycles. The van der Waals surface area contributed by atoms with Crippen LogP contribution in [-0.4, -0.2) is 48.2 Å². The number of aromatic nitrogens is 2. The molecule has 0 radical (unpaired) electrons. The SMILES string of the molecule is CC(C)OC(=O)C[C@H]1CCCN(c2cc(N3CCCC3)ncn2)C1. The lowest BCUT2D eigenvalue weighted by Gasteiger charge is -2.33. The smallest absolute Gasteiger partial charge is 0.306 e. The third-order valence-electron chi connectivity index (χ3n) is 4.73. The number of ether oxygens (including phenoxy) is 1. The van der Waals surface area contributed by atoms with Crippen molar-refractivity contribution in [3.8, 4) is 0 Å². The lowest BCUT2D eigenvalue weighted by molar-refractivity contribution is -0.148. The van der Waals surface area contributed by atoms with Gasteiger partial charge in [0.05, 0.1) is 12.5 Å². The summed E-state index contributed by atoms with van der Waals surface area (Å²) in [6.07, 6.45) is 6.77. The second-order valence-corrected chi connectivity index (χ2v) is 7.13. The Kier molecular flexibility index (Phi) is 5.53. The van der Waals surface area contributed by atoms with E-state index in [9.17, 15) is 4.79 Å². The quantitative estimate of drug-likeness (QED) is 0.773. The van der Waals surface area contributed by atoms with Gasteiger partial charge >= 0.3 is 5.97 Å². The van der Waals surface area contributed by atoms with Crippen molar-refractivity contribution < 1.29 is 9.53 Å². The van der Waals surface area contributed by atoms with Gasteiger partial charge in [0.1, 0.15) is 18.0 Å². The highest BCUT2D eigenvalue weighted by molar-refractivity contribution is 5.70. The number of nitrogens with zero attached hydrogens (tertiary/aromatic N) is 4. The maximum atomic E-state index is 11.9. The summed E-state index contributed by atoms with van der Waals surface area (Å²) in [7, 11) is 0. The summed E-state index contributed by atoms with van der Waals surface area (Å²) in [5, 5.41) is 0. The molecule has 0 aliphatic carbocycles. The highest BCUT2D eigenvalue weighted by Gasteiger charge is 2.25. The van der Waals surface area contributed by atoms with Crippen LogP contribution < -0.4 is 9.80 Å². The molecular weight excluding hydrogens is 304 g/mol. The van der Waals surface area contributed by atoms with Crippen molar-refractivity contribution in [2.24, 2.45) is 5.92 Å². The number of rotatable bonds is 5. The van der Waals surface area contributed by atoms with Crippen LogP contribution in [-0.2, 0) is 9.53 Å². The summed E-state index contributed by atoms with van der Waals surface area (Å²) >= 11 is 0. The zero-order chi connectivity index (χ0) is 16.9. The Morgan fingerprint density at radius 1 is 1.17 bits per heavy atom. The first-order valence-corrected chi connectivity index (χ1v) is 9.13. The van der Waals surface area contributed by atoms with Gasteiger partial charge in [-0.3, -0.25) is 4.79 Å². The first-order chi connectivity index (χ1) is 11.6. The zero-order valence-electron chi connectivity index (χ0n) is 14.8. The molecule has 1 aromatic rings. The summed E-state index contributed by atoms with van der Waals surface area (Å²) in [4.78, 5) is 25.4. The van der Waals surface area contributed by atoms with Gasteiger partial charge in [0.2, 0.25) is 0 Å². The minimum Gasteiger partial charge on any atom is -0.463 e. The van der Waals surface area contributed by atoms with Gasteiger partial charge in [-0.25, -0.2) is 9.97 Å². The molecule has 0 unspecified atom stereocenters. The van der Waals surface area contributed by atoms with Gasteiger partial charge in [0.15, 0.2) is 0 Å². The van der Waals surface area contributed by atoms with Gasteiger partial charge in [0.25, 0.3) is 0 Å². The molecule has 0 bridgehead atoms. The molecule has 0 N–H and O–H groups in total. The van der Waals surface area contributed by atoms with Crippen LogP contribution in [0.25, 0.3) is 0 Å². The van der Waals surface area contributed by atoms with Gasteiger partial charge in [-0.05, 0) is 45.4 Å². The van der Waals surface area contributed by atoms with Crippen LogP contribution in [0.1, 0.15) is 46.0 Å². The Morgan fingerprint density at radius 3 is 2.54 bits per heavy atom. The van der Waals surface area contributed by atoms with Crippen LogP contribution in [0.2, 0.25) is 0 Å². The van der Waals surface area contributed by atoms with Crippen molar-refractivity contribution >= 4 is 17.6 Å². The topological polar surface area (TPSA) is 58.6 Å². The van der Waals surface area contributed by atoms with E-state index in [1.165, 1.54) is 12.8 Å². The fourth-order valence-electron chi connectivity index (χ4n) is 3.62. The maximum Gasteiger partial charge on any atom is 0.306 e. The van der Waals surface area contributed by atoms with E-state index in [0.717, 1.165) is 50.7 Å². The Morgan fingerprint density at radius 2 is 1.83 bits per heavy atom. The van der Waals surface area contributed by atoms with Gasteiger partial charge in [-0.2, -0.15) is 0 Å². The highest BCUT2D eigenvalue weighted by atomic mass is 16.5. The second-order valence-electron chi connectivity index (χ2n) is 7.13. The summed E-state index contributed by atoms with van der Waals surface area (Å²) < 4.78 is 5.29. The first kappa shape index (κ1) is 17.0. The number of esters is 1.